The zero-order valence-corrected chi connectivity index (χ0v) is 13.1. The van der Waals surface area contributed by atoms with E-state index in [9.17, 15) is 9.59 Å². The van der Waals surface area contributed by atoms with Gasteiger partial charge in [-0.05, 0) is 38.0 Å². The maximum Gasteiger partial charge on any atom is 0.308 e. The zero-order valence-electron chi connectivity index (χ0n) is 13.1. The normalized spacial score (nSPS) is 10.7. The maximum atomic E-state index is 12.3. The molecule has 1 N–H and O–H groups in total. The third-order valence-corrected chi connectivity index (χ3v) is 3.49. The standard InChI is InChI=1S/C17H20N2O3/c1-4-7-19-17(22)13(10-16(20)21)9-15(18-19)14-8-11(2)5-6-12(14)3/h5-6,8-9H,4,7,10H2,1-3H3,(H,20,21). The first kappa shape index (κ1) is 15.9. The zero-order chi connectivity index (χ0) is 16.3. The van der Waals surface area contributed by atoms with Crippen molar-refractivity contribution in [3.63, 3.8) is 0 Å². The summed E-state index contributed by atoms with van der Waals surface area (Å²) in [5.41, 5.74) is 3.66. The van der Waals surface area contributed by atoms with Gasteiger partial charge in [0.15, 0.2) is 0 Å². The second-order valence-electron chi connectivity index (χ2n) is 5.47. The average molecular weight is 300 g/mol. The second kappa shape index (κ2) is 6.56. The number of carbonyl (C=O) groups is 1. The number of aliphatic carboxylic acids is 1. The van der Waals surface area contributed by atoms with E-state index in [2.05, 4.69) is 5.10 Å². The molecule has 0 bridgehead atoms. The number of carboxylic acid groups (broad SMARTS) is 1. The van der Waals surface area contributed by atoms with Crippen LogP contribution in [-0.4, -0.2) is 20.9 Å². The van der Waals surface area contributed by atoms with Crippen LogP contribution in [0.3, 0.4) is 0 Å². The van der Waals surface area contributed by atoms with E-state index in [1.165, 1.54) is 4.68 Å². The van der Waals surface area contributed by atoms with Gasteiger partial charge in [-0.1, -0.05) is 24.6 Å². The predicted molar refractivity (Wildman–Crippen MR) is 85.0 cm³/mol. The fourth-order valence-corrected chi connectivity index (χ4v) is 2.39. The molecule has 1 aromatic heterocycles. The van der Waals surface area contributed by atoms with Crippen molar-refractivity contribution in [2.75, 3.05) is 0 Å². The molecule has 0 saturated carbocycles. The summed E-state index contributed by atoms with van der Waals surface area (Å²) in [6, 6.07) is 7.62. The molecule has 0 aliphatic carbocycles. The lowest BCUT2D eigenvalue weighted by Crippen LogP contribution is -2.28. The van der Waals surface area contributed by atoms with Crippen LogP contribution >= 0.6 is 0 Å². The highest BCUT2D eigenvalue weighted by molar-refractivity contribution is 5.71. The molecule has 5 heteroatoms. The Balaban J connectivity index is 2.65. The molecule has 0 fully saturated rings. The molecule has 0 aliphatic heterocycles. The van der Waals surface area contributed by atoms with Crippen molar-refractivity contribution in [3.8, 4) is 11.3 Å². The highest BCUT2D eigenvalue weighted by atomic mass is 16.4. The molecular weight excluding hydrogens is 280 g/mol. The molecule has 0 unspecified atom stereocenters. The topological polar surface area (TPSA) is 72.2 Å². The van der Waals surface area contributed by atoms with Gasteiger partial charge in [-0.15, -0.1) is 0 Å². The van der Waals surface area contributed by atoms with Gasteiger partial charge in [0.1, 0.15) is 0 Å². The quantitative estimate of drug-likeness (QED) is 0.921. The Hall–Kier alpha value is -2.43. The Bertz CT molecular complexity index is 763. The molecule has 116 valence electrons. The number of aryl methyl sites for hydroxylation is 3. The minimum atomic E-state index is -1.02. The van der Waals surface area contributed by atoms with Gasteiger partial charge in [0.05, 0.1) is 12.1 Å². The van der Waals surface area contributed by atoms with Gasteiger partial charge in [-0.25, -0.2) is 4.68 Å². The van der Waals surface area contributed by atoms with Gasteiger partial charge >= 0.3 is 5.97 Å². The van der Waals surface area contributed by atoms with Crippen molar-refractivity contribution in [3.05, 3.63) is 51.3 Å². The molecule has 1 aromatic carbocycles. The summed E-state index contributed by atoms with van der Waals surface area (Å²) in [5.74, 6) is -1.02. The number of carboxylic acids is 1. The maximum absolute atomic E-state index is 12.3. The van der Waals surface area contributed by atoms with Crippen molar-refractivity contribution < 1.29 is 9.90 Å². The number of hydrogen-bond acceptors (Lipinski definition) is 3. The lowest BCUT2D eigenvalue weighted by Gasteiger charge is -2.11. The Morgan fingerprint density at radius 3 is 2.64 bits per heavy atom. The van der Waals surface area contributed by atoms with Crippen LogP contribution in [0, 0.1) is 13.8 Å². The van der Waals surface area contributed by atoms with E-state index in [0.717, 1.165) is 23.1 Å². The van der Waals surface area contributed by atoms with Crippen LogP contribution in [0.5, 0.6) is 0 Å². The largest absolute Gasteiger partial charge is 0.481 e. The fraction of sp³-hybridized carbons (Fsp3) is 0.353. The lowest BCUT2D eigenvalue weighted by atomic mass is 10.0. The van der Waals surface area contributed by atoms with Crippen LogP contribution < -0.4 is 5.56 Å². The highest BCUT2D eigenvalue weighted by Gasteiger charge is 2.13. The third kappa shape index (κ3) is 3.42. The van der Waals surface area contributed by atoms with Crippen LogP contribution in [0.4, 0.5) is 0 Å². The van der Waals surface area contributed by atoms with Crippen LogP contribution in [0.15, 0.2) is 29.1 Å². The first-order valence-corrected chi connectivity index (χ1v) is 7.32. The molecule has 0 saturated heterocycles. The number of aromatic nitrogens is 2. The van der Waals surface area contributed by atoms with Crippen LogP contribution in [0.25, 0.3) is 11.3 Å². The van der Waals surface area contributed by atoms with E-state index in [1.807, 2.05) is 39.0 Å². The molecule has 2 aromatic rings. The number of benzene rings is 1. The molecule has 0 spiro atoms. The first-order valence-electron chi connectivity index (χ1n) is 7.32. The second-order valence-corrected chi connectivity index (χ2v) is 5.47. The van der Waals surface area contributed by atoms with E-state index in [4.69, 9.17) is 5.11 Å². The SMILES string of the molecule is CCCn1nc(-c2cc(C)ccc2C)cc(CC(=O)O)c1=O. The average Bonchev–Trinajstić information content (AvgIpc) is 2.45. The summed E-state index contributed by atoms with van der Waals surface area (Å²) in [7, 11) is 0. The highest BCUT2D eigenvalue weighted by Crippen LogP contribution is 2.22. The number of nitrogens with zero attached hydrogens (tertiary/aromatic N) is 2. The summed E-state index contributed by atoms with van der Waals surface area (Å²) in [4.78, 5) is 23.3. The fourth-order valence-electron chi connectivity index (χ4n) is 2.39. The minimum Gasteiger partial charge on any atom is -0.481 e. The Morgan fingerprint density at radius 2 is 2.00 bits per heavy atom. The van der Waals surface area contributed by atoms with Crippen molar-refractivity contribution in [1.82, 2.24) is 9.78 Å². The van der Waals surface area contributed by atoms with Crippen LogP contribution in [0.2, 0.25) is 0 Å². The monoisotopic (exact) mass is 300 g/mol. The number of rotatable bonds is 5. The van der Waals surface area contributed by atoms with Gasteiger partial charge in [-0.2, -0.15) is 5.10 Å². The predicted octanol–water partition coefficient (Wildman–Crippen LogP) is 2.56. The van der Waals surface area contributed by atoms with Crippen molar-refractivity contribution >= 4 is 5.97 Å². The lowest BCUT2D eigenvalue weighted by molar-refractivity contribution is -0.136. The molecule has 2 rings (SSSR count). The molecule has 0 radical (unpaired) electrons. The molecule has 0 aliphatic rings. The first-order chi connectivity index (χ1) is 10.4. The van der Waals surface area contributed by atoms with Gasteiger partial charge in [0.2, 0.25) is 0 Å². The molecule has 1 heterocycles. The smallest absolute Gasteiger partial charge is 0.308 e. The summed E-state index contributed by atoms with van der Waals surface area (Å²) >= 11 is 0. The molecule has 0 atom stereocenters. The van der Waals surface area contributed by atoms with E-state index in [1.54, 1.807) is 6.07 Å². The Labute approximate surface area is 129 Å². The van der Waals surface area contributed by atoms with Gasteiger partial charge < -0.3 is 5.11 Å². The van der Waals surface area contributed by atoms with Crippen LogP contribution in [0.1, 0.15) is 30.0 Å². The Morgan fingerprint density at radius 1 is 1.27 bits per heavy atom. The summed E-state index contributed by atoms with van der Waals surface area (Å²) in [6.07, 6.45) is 0.471. The molecule has 5 nitrogen and oxygen atoms in total. The van der Waals surface area contributed by atoms with Gasteiger partial charge in [0.25, 0.3) is 5.56 Å². The van der Waals surface area contributed by atoms with E-state index in [-0.39, 0.29) is 17.5 Å². The van der Waals surface area contributed by atoms with Crippen molar-refractivity contribution in [2.24, 2.45) is 0 Å². The van der Waals surface area contributed by atoms with E-state index >= 15 is 0 Å². The van der Waals surface area contributed by atoms with Gasteiger partial charge in [-0.3, -0.25) is 9.59 Å². The molecular formula is C17H20N2O3. The Kier molecular flexibility index (Phi) is 4.75. The van der Waals surface area contributed by atoms with Gasteiger partial charge in [0, 0.05) is 17.7 Å². The minimum absolute atomic E-state index is 0.270. The summed E-state index contributed by atoms with van der Waals surface area (Å²) in [6.45, 7) is 6.39. The van der Waals surface area contributed by atoms with Crippen LogP contribution in [-0.2, 0) is 17.8 Å². The molecule has 0 amide bonds. The molecule has 22 heavy (non-hydrogen) atoms. The van der Waals surface area contributed by atoms with E-state index in [0.29, 0.717) is 12.2 Å². The summed E-state index contributed by atoms with van der Waals surface area (Å²) < 4.78 is 1.37. The van der Waals surface area contributed by atoms with Crippen molar-refractivity contribution in [2.45, 2.75) is 40.2 Å². The number of hydrogen-bond donors (Lipinski definition) is 1. The van der Waals surface area contributed by atoms with E-state index < -0.39 is 5.97 Å². The third-order valence-electron chi connectivity index (χ3n) is 3.49. The summed E-state index contributed by atoms with van der Waals surface area (Å²) in [5, 5.41) is 13.4. The van der Waals surface area contributed by atoms with Crippen molar-refractivity contribution in [1.29, 1.82) is 0 Å².